The van der Waals surface area contributed by atoms with E-state index in [0.29, 0.717) is 0 Å². The van der Waals surface area contributed by atoms with E-state index in [0.717, 1.165) is 0 Å². The van der Waals surface area contributed by atoms with Crippen LogP contribution in [-0.4, -0.2) is 29.7 Å². The SMILES string of the molecule is O.[Mn].[OH][AlH][OH]. The Labute approximate surface area is 47.2 Å². The molecule has 3 nitrogen and oxygen atoms in total. The van der Waals surface area contributed by atoms with E-state index in [1.165, 1.54) is 0 Å². The number of hydrogen-bond donors (Lipinski definition) is 2. The van der Waals surface area contributed by atoms with Gasteiger partial charge < -0.3 is 13.8 Å². The summed E-state index contributed by atoms with van der Waals surface area (Å²) in [6.07, 6.45) is 0. The molecule has 5 heteroatoms. The second kappa shape index (κ2) is 20.4. The van der Waals surface area contributed by atoms with Gasteiger partial charge in [-0.25, -0.2) is 0 Å². The van der Waals surface area contributed by atoms with Crippen molar-refractivity contribution >= 4 is 15.9 Å². The first-order valence-corrected chi connectivity index (χ1v) is 1.90. The monoisotopic (exact) mass is 135 g/mol. The van der Waals surface area contributed by atoms with E-state index in [-0.39, 0.29) is 22.5 Å². The minimum absolute atomic E-state index is 0. The molecular formula is H5AlMnO3. The summed E-state index contributed by atoms with van der Waals surface area (Å²) in [5, 5.41) is 0. The molecule has 0 rings (SSSR count). The van der Waals surface area contributed by atoms with E-state index in [9.17, 15) is 0 Å². The predicted molar refractivity (Wildman–Crippen MR) is 15.2 cm³/mol. The zero-order chi connectivity index (χ0) is 2.71. The molecule has 0 bridgehead atoms. The molecule has 33 valence electrons. The molecule has 0 spiro atoms. The van der Waals surface area contributed by atoms with Crippen molar-refractivity contribution in [2.24, 2.45) is 0 Å². The van der Waals surface area contributed by atoms with Crippen LogP contribution in [-0.2, 0) is 17.1 Å². The third-order valence-electron chi connectivity index (χ3n) is 0. The number of rotatable bonds is 0. The van der Waals surface area contributed by atoms with Gasteiger partial charge in [-0.1, -0.05) is 0 Å². The Morgan fingerprint density at radius 3 is 1.20 bits per heavy atom. The van der Waals surface area contributed by atoms with E-state index in [2.05, 4.69) is 0 Å². The average molecular weight is 135 g/mol. The topological polar surface area (TPSA) is 72.0 Å². The summed E-state index contributed by atoms with van der Waals surface area (Å²) in [6.45, 7) is 0. The van der Waals surface area contributed by atoms with E-state index in [4.69, 9.17) is 8.32 Å². The van der Waals surface area contributed by atoms with Crippen LogP contribution in [0.15, 0.2) is 0 Å². The van der Waals surface area contributed by atoms with Gasteiger partial charge in [0.25, 0.3) is 0 Å². The van der Waals surface area contributed by atoms with Crippen LogP contribution in [0.2, 0.25) is 0 Å². The summed E-state index contributed by atoms with van der Waals surface area (Å²) in [5.74, 6) is 0. The van der Waals surface area contributed by atoms with Crippen LogP contribution in [0.5, 0.6) is 0 Å². The molecule has 0 aliphatic heterocycles. The normalized spacial score (nSPS) is 2.80. The Bertz CT molecular complexity index is 6.85. The quantitative estimate of drug-likeness (QED) is 0.358. The van der Waals surface area contributed by atoms with Gasteiger partial charge in [-0.3, -0.25) is 0 Å². The first-order chi connectivity index (χ1) is 1.41. The van der Waals surface area contributed by atoms with E-state index >= 15 is 0 Å². The molecule has 1 radical (unpaired) electrons. The van der Waals surface area contributed by atoms with Gasteiger partial charge in [0.2, 0.25) is 0 Å². The zero-order valence-corrected chi connectivity index (χ0v) is 5.07. The zero-order valence-electron chi connectivity index (χ0n) is 2.48. The second-order valence-corrected chi connectivity index (χ2v) is 0.424. The maximum atomic E-state index is 7.26. The Morgan fingerprint density at radius 2 is 1.20 bits per heavy atom. The van der Waals surface area contributed by atoms with Crippen LogP contribution in [0.4, 0.5) is 0 Å². The van der Waals surface area contributed by atoms with Crippen molar-refractivity contribution in [1.29, 1.82) is 0 Å². The van der Waals surface area contributed by atoms with Gasteiger partial charge >= 0.3 is 15.9 Å². The molecule has 0 heterocycles. The van der Waals surface area contributed by atoms with Crippen molar-refractivity contribution in [2.45, 2.75) is 0 Å². The first-order valence-electron chi connectivity index (χ1n) is 0.632. The summed E-state index contributed by atoms with van der Waals surface area (Å²) in [6, 6.07) is 0. The van der Waals surface area contributed by atoms with Gasteiger partial charge in [0.05, 0.1) is 0 Å². The molecule has 0 aliphatic rings. The maximum Gasteiger partial charge on any atom is 0.644 e. The largest absolute Gasteiger partial charge is 0.644 e. The summed E-state index contributed by atoms with van der Waals surface area (Å²) in [5.41, 5.74) is 0. The van der Waals surface area contributed by atoms with Crippen LogP contribution < -0.4 is 0 Å². The molecule has 0 aromatic carbocycles. The number of hydrogen-bond acceptors (Lipinski definition) is 2. The average Bonchev–Trinajstić information content (AvgIpc) is 0.918. The summed E-state index contributed by atoms with van der Waals surface area (Å²) >= 11 is -1.58. The molecule has 0 unspecified atom stereocenters. The second-order valence-electron chi connectivity index (χ2n) is 0.141. The molecule has 0 saturated heterocycles. The molecular weight excluding hydrogens is 130 g/mol. The summed E-state index contributed by atoms with van der Waals surface area (Å²) in [7, 11) is 0. The molecule has 0 amide bonds. The van der Waals surface area contributed by atoms with Gasteiger partial charge in [-0.15, -0.1) is 0 Å². The van der Waals surface area contributed by atoms with Crippen LogP contribution in [0, 0.1) is 0 Å². The van der Waals surface area contributed by atoms with E-state index in [1.54, 1.807) is 0 Å². The molecule has 0 saturated carbocycles. The van der Waals surface area contributed by atoms with Crippen LogP contribution in [0.25, 0.3) is 0 Å². The minimum atomic E-state index is -1.58. The maximum absolute atomic E-state index is 7.26. The fourth-order valence-electron chi connectivity index (χ4n) is 0. The molecule has 0 aromatic heterocycles. The summed E-state index contributed by atoms with van der Waals surface area (Å²) < 4.78 is 14.5. The molecule has 5 heavy (non-hydrogen) atoms. The Morgan fingerprint density at radius 1 is 1.20 bits per heavy atom. The van der Waals surface area contributed by atoms with Crippen molar-refractivity contribution in [1.82, 2.24) is 0 Å². The smallest absolute Gasteiger partial charge is 0.496 e. The van der Waals surface area contributed by atoms with Crippen molar-refractivity contribution in [3.05, 3.63) is 0 Å². The molecule has 4 N–H and O–H groups in total. The Kier molecular flexibility index (Phi) is 68.6. The van der Waals surface area contributed by atoms with Crippen LogP contribution in [0.3, 0.4) is 0 Å². The molecule has 0 aromatic rings. The third kappa shape index (κ3) is 48.8. The molecule has 0 aliphatic carbocycles. The van der Waals surface area contributed by atoms with Crippen molar-refractivity contribution in [3.63, 3.8) is 0 Å². The van der Waals surface area contributed by atoms with Gasteiger partial charge in [-0.05, 0) is 0 Å². The van der Waals surface area contributed by atoms with Crippen molar-refractivity contribution in [2.75, 3.05) is 0 Å². The standard InChI is InChI=1S/Al.Mn.3H2O.H/h;;3*1H2;/q+2;;;;;/p-2. The Balaban J connectivity index is -0.0000000200. The van der Waals surface area contributed by atoms with Crippen molar-refractivity contribution < 1.29 is 30.9 Å². The molecule has 0 fully saturated rings. The van der Waals surface area contributed by atoms with Gasteiger partial charge in [0.1, 0.15) is 0 Å². The van der Waals surface area contributed by atoms with Crippen LogP contribution in [0.1, 0.15) is 0 Å². The first kappa shape index (κ1) is 16.8. The fraction of sp³-hybridized carbons (Fsp3) is 0. The van der Waals surface area contributed by atoms with Crippen LogP contribution >= 0.6 is 0 Å². The third-order valence-corrected chi connectivity index (χ3v) is 0. The van der Waals surface area contributed by atoms with Gasteiger partial charge in [0, 0.05) is 17.1 Å². The Hall–Kier alpha value is 0.932. The van der Waals surface area contributed by atoms with Gasteiger partial charge in [0.15, 0.2) is 0 Å². The minimum Gasteiger partial charge on any atom is -0.496 e. The fourth-order valence-corrected chi connectivity index (χ4v) is 0. The van der Waals surface area contributed by atoms with E-state index < -0.39 is 15.9 Å². The summed E-state index contributed by atoms with van der Waals surface area (Å²) in [4.78, 5) is 0. The van der Waals surface area contributed by atoms with E-state index in [1.807, 2.05) is 0 Å². The van der Waals surface area contributed by atoms with Gasteiger partial charge in [-0.2, -0.15) is 0 Å². The predicted octanol–water partition coefficient (Wildman–Crippen LogP) is -2.59. The molecule has 0 atom stereocenters. The van der Waals surface area contributed by atoms with Crippen molar-refractivity contribution in [3.8, 4) is 0 Å².